The van der Waals surface area contributed by atoms with Crippen molar-refractivity contribution in [3.05, 3.63) is 59.9 Å². The Labute approximate surface area is 164 Å². The number of carbonyl (C=O) groups is 2. The van der Waals surface area contributed by atoms with E-state index in [1.54, 1.807) is 17.0 Å². The minimum Gasteiger partial charge on any atom is -0.326 e. The fraction of sp³-hybridized carbons (Fsp3) is 0.364. The summed E-state index contributed by atoms with van der Waals surface area (Å²) < 4.78 is 13.0. The van der Waals surface area contributed by atoms with Crippen LogP contribution in [0.5, 0.6) is 0 Å². The van der Waals surface area contributed by atoms with Gasteiger partial charge in [0.2, 0.25) is 5.91 Å². The molecule has 2 aromatic rings. The summed E-state index contributed by atoms with van der Waals surface area (Å²) in [6, 6.07) is 13.4. The first-order chi connectivity index (χ1) is 13.4. The van der Waals surface area contributed by atoms with E-state index in [1.165, 1.54) is 12.1 Å². The van der Waals surface area contributed by atoms with Gasteiger partial charge < -0.3 is 15.5 Å². The largest absolute Gasteiger partial charge is 0.326 e. The summed E-state index contributed by atoms with van der Waals surface area (Å²) in [6.45, 7) is 5.16. The third-order valence-corrected chi connectivity index (χ3v) is 5.36. The number of nitrogens with one attached hydrogen (secondary N) is 2. The number of aryl methyl sites for hydroxylation is 1. The SMILES string of the molecule is Cc1ccc(NC(=O)N2CCC(C(C)C(=O)Nc3ccc(F)cc3)CC2)cc1. The van der Waals surface area contributed by atoms with E-state index in [-0.39, 0.29) is 29.6 Å². The Morgan fingerprint density at radius 1 is 0.964 bits per heavy atom. The van der Waals surface area contributed by atoms with Gasteiger partial charge in [-0.3, -0.25) is 4.79 Å². The number of amides is 3. The molecule has 3 rings (SSSR count). The summed E-state index contributed by atoms with van der Waals surface area (Å²) in [5.41, 5.74) is 2.52. The van der Waals surface area contributed by atoms with E-state index < -0.39 is 0 Å². The van der Waals surface area contributed by atoms with Crippen LogP contribution in [0.15, 0.2) is 48.5 Å². The summed E-state index contributed by atoms with van der Waals surface area (Å²) >= 11 is 0. The highest BCUT2D eigenvalue weighted by Crippen LogP contribution is 2.26. The highest BCUT2D eigenvalue weighted by molar-refractivity contribution is 5.92. The third-order valence-electron chi connectivity index (χ3n) is 5.36. The number of likely N-dealkylation sites (tertiary alicyclic amines) is 1. The Morgan fingerprint density at radius 2 is 1.50 bits per heavy atom. The molecular formula is C22H26FN3O2. The number of benzene rings is 2. The Bertz CT molecular complexity index is 813. The van der Waals surface area contributed by atoms with E-state index >= 15 is 0 Å². The van der Waals surface area contributed by atoms with Gasteiger partial charge >= 0.3 is 6.03 Å². The number of anilines is 2. The van der Waals surface area contributed by atoms with Crippen molar-refractivity contribution in [2.24, 2.45) is 11.8 Å². The number of carbonyl (C=O) groups excluding carboxylic acids is 2. The molecule has 1 aliphatic rings. The molecule has 6 heteroatoms. The topological polar surface area (TPSA) is 61.4 Å². The first-order valence-electron chi connectivity index (χ1n) is 9.61. The van der Waals surface area contributed by atoms with Crippen molar-refractivity contribution >= 4 is 23.3 Å². The van der Waals surface area contributed by atoms with Gasteiger partial charge in [-0.05, 0) is 62.1 Å². The second-order valence-electron chi connectivity index (χ2n) is 7.41. The number of nitrogens with zero attached hydrogens (tertiary/aromatic N) is 1. The van der Waals surface area contributed by atoms with E-state index in [1.807, 2.05) is 38.1 Å². The molecular weight excluding hydrogens is 357 g/mol. The predicted molar refractivity (Wildman–Crippen MR) is 109 cm³/mol. The van der Waals surface area contributed by atoms with Crippen molar-refractivity contribution in [1.29, 1.82) is 0 Å². The van der Waals surface area contributed by atoms with Gasteiger partial charge in [-0.1, -0.05) is 24.6 Å². The second kappa shape index (κ2) is 8.87. The number of urea groups is 1. The maximum Gasteiger partial charge on any atom is 0.321 e. The highest BCUT2D eigenvalue weighted by atomic mass is 19.1. The van der Waals surface area contributed by atoms with Crippen molar-refractivity contribution in [2.75, 3.05) is 23.7 Å². The molecule has 148 valence electrons. The molecule has 1 aliphatic heterocycles. The first-order valence-corrected chi connectivity index (χ1v) is 9.61. The van der Waals surface area contributed by atoms with Crippen LogP contribution in [0.4, 0.5) is 20.6 Å². The number of rotatable bonds is 4. The van der Waals surface area contributed by atoms with Gasteiger partial charge in [-0.2, -0.15) is 0 Å². The van der Waals surface area contributed by atoms with Gasteiger partial charge in [0.05, 0.1) is 0 Å². The first kappa shape index (κ1) is 19.9. The normalized spacial score (nSPS) is 15.8. The van der Waals surface area contributed by atoms with E-state index in [0.29, 0.717) is 18.8 Å². The number of hydrogen-bond donors (Lipinski definition) is 2. The molecule has 2 aromatic carbocycles. The summed E-state index contributed by atoms with van der Waals surface area (Å²) in [6.07, 6.45) is 1.55. The van der Waals surface area contributed by atoms with E-state index in [9.17, 15) is 14.0 Å². The Kier molecular flexibility index (Phi) is 6.29. The van der Waals surface area contributed by atoms with Crippen molar-refractivity contribution in [2.45, 2.75) is 26.7 Å². The molecule has 28 heavy (non-hydrogen) atoms. The van der Waals surface area contributed by atoms with E-state index in [4.69, 9.17) is 0 Å². The van der Waals surface area contributed by atoms with Crippen LogP contribution in [0.25, 0.3) is 0 Å². The van der Waals surface area contributed by atoms with Gasteiger partial charge in [-0.25, -0.2) is 9.18 Å². The molecule has 0 saturated carbocycles. The van der Waals surface area contributed by atoms with Crippen LogP contribution in [0.2, 0.25) is 0 Å². The van der Waals surface area contributed by atoms with E-state index in [0.717, 1.165) is 24.1 Å². The molecule has 1 fully saturated rings. The summed E-state index contributed by atoms with van der Waals surface area (Å²) in [4.78, 5) is 26.7. The van der Waals surface area contributed by atoms with Crippen LogP contribution < -0.4 is 10.6 Å². The molecule has 5 nitrogen and oxygen atoms in total. The molecule has 1 atom stereocenters. The minimum atomic E-state index is -0.331. The smallest absolute Gasteiger partial charge is 0.321 e. The van der Waals surface area contributed by atoms with Crippen LogP contribution >= 0.6 is 0 Å². The minimum absolute atomic E-state index is 0.0748. The molecule has 2 N–H and O–H groups in total. The summed E-state index contributed by atoms with van der Waals surface area (Å²) in [5, 5.41) is 5.76. The van der Waals surface area contributed by atoms with Crippen LogP contribution in [0.3, 0.4) is 0 Å². The fourth-order valence-electron chi connectivity index (χ4n) is 3.45. The quantitative estimate of drug-likeness (QED) is 0.807. The monoisotopic (exact) mass is 383 g/mol. The van der Waals surface area contributed by atoms with Crippen molar-refractivity contribution < 1.29 is 14.0 Å². The van der Waals surface area contributed by atoms with Gasteiger partial charge in [0, 0.05) is 30.4 Å². The number of halogens is 1. The molecule has 0 radical (unpaired) electrons. The maximum absolute atomic E-state index is 13.0. The van der Waals surface area contributed by atoms with E-state index in [2.05, 4.69) is 10.6 Å². The molecule has 0 bridgehead atoms. The second-order valence-corrected chi connectivity index (χ2v) is 7.41. The lowest BCUT2D eigenvalue weighted by Crippen LogP contribution is -2.43. The molecule has 1 unspecified atom stereocenters. The zero-order valence-electron chi connectivity index (χ0n) is 16.2. The molecule has 0 spiro atoms. The lowest BCUT2D eigenvalue weighted by atomic mass is 9.85. The van der Waals surface area contributed by atoms with Crippen molar-refractivity contribution in [3.8, 4) is 0 Å². The zero-order chi connectivity index (χ0) is 20.1. The average Bonchev–Trinajstić information content (AvgIpc) is 2.71. The Hall–Kier alpha value is -2.89. The van der Waals surface area contributed by atoms with Gasteiger partial charge in [0.15, 0.2) is 0 Å². The number of hydrogen-bond acceptors (Lipinski definition) is 2. The summed E-state index contributed by atoms with van der Waals surface area (Å²) in [5.74, 6) is -0.368. The van der Waals surface area contributed by atoms with Crippen LogP contribution in [0.1, 0.15) is 25.3 Å². The van der Waals surface area contributed by atoms with Gasteiger partial charge in [-0.15, -0.1) is 0 Å². The molecule has 1 heterocycles. The Morgan fingerprint density at radius 3 is 2.11 bits per heavy atom. The van der Waals surface area contributed by atoms with Crippen molar-refractivity contribution in [3.63, 3.8) is 0 Å². The fourth-order valence-corrected chi connectivity index (χ4v) is 3.45. The predicted octanol–water partition coefficient (Wildman–Crippen LogP) is 4.65. The highest BCUT2D eigenvalue weighted by Gasteiger charge is 2.29. The zero-order valence-corrected chi connectivity index (χ0v) is 16.2. The molecule has 0 aromatic heterocycles. The van der Waals surface area contributed by atoms with Gasteiger partial charge in [0.25, 0.3) is 0 Å². The average molecular weight is 383 g/mol. The Balaban J connectivity index is 1.48. The lowest BCUT2D eigenvalue weighted by Gasteiger charge is -2.34. The lowest BCUT2D eigenvalue weighted by molar-refractivity contribution is -0.121. The van der Waals surface area contributed by atoms with Crippen LogP contribution in [-0.2, 0) is 4.79 Å². The molecule has 0 aliphatic carbocycles. The maximum atomic E-state index is 13.0. The molecule has 3 amide bonds. The third kappa shape index (κ3) is 5.09. The van der Waals surface area contributed by atoms with Crippen LogP contribution in [-0.4, -0.2) is 29.9 Å². The molecule has 1 saturated heterocycles. The summed E-state index contributed by atoms with van der Waals surface area (Å²) in [7, 11) is 0. The van der Waals surface area contributed by atoms with Gasteiger partial charge in [0.1, 0.15) is 5.82 Å². The van der Waals surface area contributed by atoms with Crippen LogP contribution in [0, 0.1) is 24.6 Å². The standard InChI is InChI=1S/C22H26FN3O2/c1-15-3-7-20(8-4-15)25-22(28)26-13-11-17(12-14-26)16(2)21(27)24-19-9-5-18(23)6-10-19/h3-10,16-17H,11-14H2,1-2H3,(H,24,27)(H,25,28). The number of piperidine rings is 1. The van der Waals surface area contributed by atoms with Crippen molar-refractivity contribution in [1.82, 2.24) is 4.90 Å².